The van der Waals surface area contributed by atoms with Gasteiger partial charge in [-0.25, -0.2) is 4.79 Å². The molecule has 1 saturated heterocycles. The molecule has 20 heavy (non-hydrogen) atoms. The largest absolute Gasteiger partial charge is 0.323 e. The van der Waals surface area contributed by atoms with Crippen LogP contribution in [-0.2, 0) is 0 Å². The van der Waals surface area contributed by atoms with E-state index in [0.29, 0.717) is 6.04 Å². The second-order valence-electron chi connectivity index (χ2n) is 4.93. The molecule has 0 aromatic heterocycles. The molecule has 1 unspecified atom stereocenters. The van der Waals surface area contributed by atoms with E-state index >= 15 is 0 Å². The number of nitrogens with zero attached hydrogens (tertiary/aromatic N) is 1. The van der Waals surface area contributed by atoms with E-state index in [4.69, 9.17) is 0 Å². The highest BCUT2D eigenvalue weighted by atomic mass is 32.2. The first-order chi connectivity index (χ1) is 9.70. The third-order valence-electron chi connectivity index (χ3n) is 3.47. The predicted molar refractivity (Wildman–Crippen MR) is 86.5 cm³/mol. The van der Waals surface area contributed by atoms with Crippen LogP contribution in [0.5, 0.6) is 0 Å². The zero-order valence-corrected chi connectivity index (χ0v) is 13.0. The molecule has 1 aromatic carbocycles. The maximum atomic E-state index is 12.1. The monoisotopic (exact) mass is 293 g/mol. The van der Waals surface area contributed by atoms with Crippen molar-refractivity contribution in [3.8, 4) is 0 Å². The standard InChI is InChI=1S/C15H23N3OS/c1-3-16-12(2)13-4-6-14(7-5-13)17-15(19)18-8-10-20-11-9-18/h4-7,12,16H,3,8-11H2,1-2H3,(H,17,19). The van der Waals surface area contributed by atoms with Gasteiger partial charge in [-0.15, -0.1) is 0 Å². The summed E-state index contributed by atoms with van der Waals surface area (Å²) in [6.45, 7) is 6.87. The van der Waals surface area contributed by atoms with Gasteiger partial charge in [0, 0.05) is 36.3 Å². The molecule has 4 nitrogen and oxygen atoms in total. The molecule has 1 aliphatic heterocycles. The van der Waals surface area contributed by atoms with Crippen molar-refractivity contribution in [1.82, 2.24) is 10.2 Å². The number of urea groups is 1. The molecule has 0 spiro atoms. The fraction of sp³-hybridized carbons (Fsp3) is 0.533. The number of carbonyl (C=O) groups excluding carboxylic acids is 1. The van der Waals surface area contributed by atoms with E-state index in [1.54, 1.807) is 0 Å². The summed E-state index contributed by atoms with van der Waals surface area (Å²) in [7, 11) is 0. The highest BCUT2D eigenvalue weighted by Crippen LogP contribution is 2.17. The van der Waals surface area contributed by atoms with Gasteiger partial charge in [-0.05, 0) is 31.2 Å². The van der Waals surface area contributed by atoms with Crippen LogP contribution in [0.2, 0.25) is 0 Å². The molecule has 2 N–H and O–H groups in total. The summed E-state index contributed by atoms with van der Waals surface area (Å²) in [5.74, 6) is 2.07. The summed E-state index contributed by atoms with van der Waals surface area (Å²) in [6, 6.07) is 8.42. The Hall–Kier alpha value is -1.20. The lowest BCUT2D eigenvalue weighted by Crippen LogP contribution is -2.40. The van der Waals surface area contributed by atoms with Crippen molar-refractivity contribution in [3.05, 3.63) is 29.8 Å². The number of hydrogen-bond donors (Lipinski definition) is 2. The average Bonchev–Trinajstić information content (AvgIpc) is 2.49. The van der Waals surface area contributed by atoms with Crippen LogP contribution >= 0.6 is 11.8 Å². The number of rotatable bonds is 4. The van der Waals surface area contributed by atoms with Gasteiger partial charge in [-0.2, -0.15) is 11.8 Å². The van der Waals surface area contributed by atoms with E-state index in [0.717, 1.165) is 36.8 Å². The molecule has 0 saturated carbocycles. The minimum absolute atomic E-state index is 0.0118. The van der Waals surface area contributed by atoms with Crippen LogP contribution in [0.15, 0.2) is 24.3 Å². The fourth-order valence-corrected chi connectivity index (χ4v) is 3.15. The van der Waals surface area contributed by atoms with Gasteiger partial charge in [0.2, 0.25) is 0 Å². The van der Waals surface area contributed by atoms with Crippen LogP contribution < -0.4 is 10.6 Å². The van der Waals surface area contributed by atoms with Gasteiger partial charge in [0.15, 0.2) is 0 Å². The molecule has 2 amide bonds. The first-order valence-corrected chi connectivity index (χ1v) is 8.33. The Kier molecular flexibility index (Phi) is 5.73. The van der Waals surface area contributed by atoms with Crippen molar-refractivity contribution in [2.45, 2.75) is 19.9 Å². The number of carbonyl (C=O) groups is 1. The number of hydrogen-bond acceptors (Lipinski definition) is 3. The lowest BCUT2D eigenvalue weighted by atomic mass is 10.1. The normalized spacial score (nSPS) is 16.8. The van der Waals surface area contributed by atoms with Crippen molar-refractivity contribution in [1.29, 1.82) is 0 Å². The molecule has 0 aliphatic carbocycles. The van der Waals surface area contributed by atoms with Gasteiger partial charge in [0.1, 0.15) is 0 Å². The van der Waals surface area contributed by atoms with E-state index < -0.39 is 0 Å². The zero-order valence-electron chi connectivity index (χ0n) is 12.2. The van der Waals surface area contributed by atoms with Crippen molar-refractivity contribution < 1.29 is 4.79 Å². The number of anilines is 1. The quantitative estimate of drug-likeness (QED) is 0.897. The highest BCUT2D eigenvalue weighted by molar-refractivity contribution is 7.99. The Morgan fingerprint density at radius 1 is 1.30 bits per heavy atom. The molecule has 1 atom stereocenters. The predicted octanol–water partition coefficient (Wildman–Crippen LogP) is 2.94. The van der Waals surface area contributed by atoms with E-state index in [1.165, 1.54) is 5.56 Å². The Morgan fingerprint density at radius 2 is 1.95 bits per heavy atom. The van der Waals surface area contributed by atoms with Crippen LogP contribution in [0.25, 0.3) is 0 Å². The Bertz CT molecular complexity index is 429. The lowest BCUT2D eigenvalue weighted by molar-refractivity contribution is 0.217. The van der Waals surface area contributed by atoms with Crippen molar-refractivity contribution in [3.63, 3.8) is 0 Å². The number of amides is 2. The molecule has 1 aliphatic rings. The van der Waals surface area contributed by atoms with Crippen LogP contribution in [-0.4, -0.2) is 42.1 Å². The van der Waals surface area contributed by atoms with Crippen LogP contribution in [0, 0.1) is 0 Å². The summed E-state index contributed by atoms with van der Waals surface area (Å²) in [6.07, 6.45) is 0. The molecule has 1 aromatic rings. The van der Waals surface area contributed by atoms with E-state index in [2.05, 4.69) is 36.6 Å². The number of nitrogens with one attached hydrogen (secondary N) is 2. The van der Waals surface area contributed by atoms with Crippen molar-refractivity contribution in [2.75, 3.05) is 36.5 Å². The second kappa shape index (κ2) is 7.55. The van der Waals surface area contributed by atoms with Gasteiger partial charge in [-0.1, -0.05) is 19.1 Å². The Labute approximate surface area is 125 Å². The van der Waals surface area contributed by atoms with Crippen molar-refractivity contribution in [2.24, 2.45) is 0 Å². The first kappa shape index (κ1) is 15.2. The van der Waals surface area contributed by atoms with Gasteiger partial charge in [0.05, 0.1) is 0 Å². The third-order valence-corrected chi connectivity index (χ3v) is 4.41. The molecule has 0 bridgehead atoms. The summed E-state index contributed by atoms with van der Waals surface area (Å²) in [5, 5.41) is 6.34. The zero-order chi connectivity index (χ0) is 14.4. The van der Waals surface area contributed by atoms with E-state index in [1.807, 2.05) is 28.8 Å². The fourth-order valence-electron chi connectivity index (χ4n) is 2.25. The van der Waals surface area contributed by atoms with Crippen molar-refractivity contribution >= 4 is 23.5 Å². The maximum absolute atomic E-state index is 12.1. The topological polar surface area (TPSA) is 44.4 Å². The number of benzene rings is 1. The highest BCUT2D eigenvalue weighted by Gasteiger charge is 2.16. The number of thioether (sulfide) groups is 1. The van der Waals surface area contributed by atoms with Crippen LogP contribution in [0.1, 0.15) is 25.5 Å². The molecule has 110 valence electrons. The minimum atomic E-state index is 0.0118. The summed E-state index contributed by atoms with van der Waals surface area (Å²) >= 11 is 1.90. The molecular formula is C15H23N3OS. The Morgan fingerprint density at radius 3 is 2.55 bits per heavy atom. The van der Waals surface area contributed by atoms with Crippen LogP contribution in [0.3, 0.4) is 0 Å². The van der Waals surface area contributed by atoms with Gasteiger partial charge in [0.25, 0.3) is 0 Å². The first-order valence-electron chi connectivity index (χ1n) is 7.17. The lowest BCUT2D eigenvalue weighted by Gasteiger charge is -2.26. The summed E-state index contributed by atoms with van der Waals surface area (Å²) < 4.78 is 0. The molecule has 0 radical (unpaired) electrons. The molecule has 1 heterocycles. The second-order valence-corrected chi connectivity index (χ2v) is 6.16. The third kappa shape index (κ3) is 4.15. The molecule has 5 heteroatoms. The van der Waals surface area contributed by atoms with E-state index in [-0.39, 0.29) is 6.03 Å². The smallest absolute Gasteiger partial charge is 0.321 e. The van der Waals surface area contributed by atoms with E-state index in [9.17, 15) is 4.79 Å². The average molecular weight is 293 g/mol. The molecule has 2 rings (SSSR count). The van der Waals surface area contributed by atoms with Gasteiger partial charge < -0.3 is 15.5 Å². The minimum Gasteiger partial charge on any atom is -0.323 e. The van der Waals surface area contributed by atoms with Gasteiger partial charge in [-0.3, -0.25) is 0 Å². The summed E-state index contributed by atoms with van der Waals surface area (Å²) in [4.78, 5) is 14.0. The maximum Gasteiger partial charge on any atom is 0.321 e. The molecular weight excluding hydrogens is 270 g/mol. The summed E-state index contributed by atoms with van der Waals surface area (Å²) in [5.41, 5.74) is 2.10. The Balaban J connectivity index is 1.91. The van der Waals surface area contributed by atoms with Gasteiger partial charge >= 0.3 is 6.03 Å². The molecule has 1 fully saturated rings. The SMILES string of the molecule is CCNC(C)c1ccc(NC(=O)N2CCSCC2)cc1. The van der Waals surface area contributed by atoms with Crippen LogP contribution in [0.4, 0.5) is 10.5 Å².